The van der Waals surface area contributed by atoms with E-state index in [2.05, 4.69) is 56.3 Å². The fourth-order valence-electron chi connectivity index (χ4n) is 4.82. The van der Waals surface area contributed by atoms with Gasteiger partial charge in [0.25, 0.3) is 5.91 Å². The van der Waals surface area contributed by atoms with E-state index in [1.54, 1.807) is 0 Å². The van der Waals surface area contributed by atoms with Gasteiger partial charge < -0.3 is 10.6 Å². The van der Waals surface area contributed by atoms with Crippen molar-refractivity contribution in [3.05, 3.63) is 71.1 Å². The Hall–Kier alpha value is -3.18. The largest absolute Gasteiger partial charge is 0.397 e. The van der Waals surface area contributed by atoms with Crippen LogP contribution in [0.1, 0.15) is 47.8 Å². The number of hydrogen-bond acceptors (Lipinski definition) is 4. The Labute approximate surface area is 199 Å². The number of likely N-dealkylation sites (tertiary alicyclic amines) is 1. The zero-order valence-corrected chi connectivity index (χ0v) is 20.0. The molecule has 0 bridgehead atoms. The van der Waals surface area contributed by atoms with E-state index in [1.807, 2.05) is 23.1 Å². The van der Waals surface area contributed by atoms with Crippen molar-refractivity contribution in [2.45, 2.75) is 45.6 Å². The van der Waals surface area contributed by atoms with Crippen LogP contribution in [-0.2, 0) is 0 Å². The van der Waals surface area contributed by atoms with Gasteiger partial charge in [0.15, 0.2) is 0 Å². The van der Waals surface area contributed by atoms with Gasteiger partial charge in [0.1, 0.15) is 9.71 Å². The van der Waals surface area contributed by atoms with Crippen LogP contribution in [0.4, 0.5) is 5.69 Å². The average Bonchev–Trinajstić information content (AvgIpc) is 3.20. The molecule has 1 aliphatic rings. The van der Waals surface area contributed by atoms with Gasteiger partial charge in [-0.1, -0.05) is 67.1 Å². The van der Waals surface area contributed by atoms with E-state index >= 15 is 0 Å². The summed E-state index contributed by atoms with van der Waals surface area (Å²) in [5, 5.41) is 0.886. The minimum Gasteiger partial charge on any atom is -0.397 e. The van der Waals surface area contributed by atoms with Gasteiger partial charge in [0, 0.05) is 23.5 Å². The molecular weight excluding hydrogens is 426 g/mol. The third-order valence-corrected chi connectivity index (χ3v) is 7.77. The summed E-state index contributed by atoms with van der Waals surface area (Å²) in [5.74, 6) is 0.0539. The molecule has 1 unspecified atom stereocenters. The first-order valence-electron chi connectivity index (χ1n) is 11.7. The van der Waals surface area contributed by atoms with Gasteiger partial charge in [-0.3, -0.25) is 4.79 Å². The number of pyridine rings is 1. The summed E-state index contributed by atoms with van der Waals surface area (Å²) >= 11 is 1.43. The monoisotopic (exact) mass is 455 g/mol. The van der Waals surface area contributed by atoms with Crippen molar-refractivity contribution in [2.75, 3.05) is 12.3 Å². The number of thiophene rings is 1. The first-order chi connectivity index (χ1) is 16.1. The van der Waals surface area contributed by atoms with E-state index in [-0.39, 0.29) is 5.91 Å². The van der Waals surface area contributed by atoms with Crippen LogP contribution >= 0.6 is 11.3 Å². The highest BCUT2D eigenvalue weighted by molar-refractivity contribution is 7.21. The van der Waals surface area contributed by atoms with Crippen LogP contribution in [0, 0.1) is 6.92 Å². The van der Waals surface area contributed by atoms with Crippen molar-refractivity contribution in [3.8, 4) is 22.4 Å². The molecule has 0 aliphatic carbocycles. The van der Waals surface area contributed by atoms with Crippen LogP contribution in [0.5, 0.6) is 0 Å². The Bertz CT molecular complexity index is 1290. The molecule has 1 atom stereocenters. The molecule has 2 aromatic heterocycles. The maximum Gasteiger partial charge on any atom is 0.266 e. The molecule has 1 aliphatic heterocycles. The maximum absolute atomic E-state index is 13.6. The number of aryl methyl sites for hydroxylation is 1. The number of nitrogens with two attached hydrogens (primary N) is 1. The maximum atomic E-state index is 13.6. The second-order valence-electron chi connectivity index (χ2n) is 8.87. The predicted molar refractivity (Wildman–Crippen MR) is 139 cm³/mol. The Balaban J connectivity index is 1.69. The van der Waals surface area contributed by atoms with Crippen LogP contribution < -0.4 is 5.73 Å². The van der Waals surface area contributed by atoms with Crippen LogP contribution in [-0.4, -0.2) is 28.4 Å². The molecule has 5 heteroatoms. The predicted octanol–water partition coefficient (Wildman–Crippen LogP) is 6.93. The molecule has 2 aromatic carbocycles. The molecule has 0 spiro atoms. The van der Waals surface area contributed by atoms with E-state index in [4.69, 9.17) is 10.7 Å². The minimum absolute atomic E-state index is 0.0539. The number of nitrogens with zero attached hydrogens (tertiary/aromatic N) is 2. The normalized spacial score (nSPS) is 16.3. The lowest BCUT2D eigenvalue weighted by Crippen LogP contribution is -2.43. The van der Waals surface area contributed by atoms with Gasteiger partial charge in [-0.15, -0.1) is 11.3 Å². The average molecular weight is 456 g/mol. The van der Waals surface area contributed by atoms with Crippen molar-refractivity contribution >= 4 is 33.1 Å². The van der Waals surface area contributed by atoms with Gasteiger partial charge in [0.2, 0.25) is 0 Å². The van der Waals surface area contributed by atoms with Crippen LogP contribution in [0.3, 0.4) is 0 Å². The fraction of sp³-hybridized carbons (Fsp3) is 0.286. The summed E-state index contributed by atoms with van der Waals surface area (Å²) in [6.45, 7) is 5.05. The number of carbonyl (C=O) groups is 1. The smallest absolute Gasteiger partial charge is 0.266 e. The summed E-state index contributed by atoms with van der Waals surface area (Å²) in [7, 11) is 0. The SMILES string of the molecule is CCC1CCCCN1C(=O)c1sc2nc(-c3ccccc3)cc(-c3ccc(C)cc3)c2c1N. The third kappa shape index (κ3) is 4.02. The number of anilines is 1. The summed E-state index contributed by atoms with van der Waals surface area (Å²) < 4.78 is 0. The lowest BCUT2D eigenvalue weighted by atomic mass is 9.98. The topological polar surface area (TPSA) is 59.2 Å². The Morgan fingerprint density at radius 2 is 1.85 bits per heavy atom. The van der Waals surface area contributed by atoms with Crippen molar-refractivity contribution in [3.63, 3.8) is 0 Å². The summed E-state index contributed by atoms with van der Waals surface area (Å²) in [4.78, 5) is 22.1. The van der Waals surface area contributed by atoms with Crippen LogP contribution in [0.2, 0.25) is 0 Å². The number of hydrogen-bond donors (Lipinski definition) is 1. The zero-order chi connectivity index (χ0) is 22.9. The molecule has 33 heavy (non-hydrogen) atoms. The molecule has 4 nitrogen and oxygen atoms in total. The molecule has 168 valence electrons. The number of fused-ring (bicyclic) bond motifs is 1. The van der Waals surface area contributed by atoms with Gasteiger partial charge in [0.05, 0.1) is 11.4 Å². The zero-order valence-electron chi connectivity index (χ0n) is 19.2. The van der Waals surface area contributed by atoms with Gasteiger partial charge in [-0.05, 0) is 49.8 Å². The van der Waals surface area contributed by atoms with Crippen molar-refractivity contribution in [1.82, 2.24) is 9.88 Å². The molecule has 1 saturated heterocycles. The first-order valence-corrected chi connectivity index (χ1v) is 12.5. The molecule has 0 saturated carbocycles. The quantitative estimate of drug-likeness (QED) is 0.363. The van der Waals surface area contributed by atoms with E-state index in [0.29, 0.717) is 16.6 Å². The number of piperidine rings is 1. The van der Waals surface area contributed by atoms with Crippen LogP contribution in [0.15, 0.2) is 60.7 Å². The van der Waals surface area contributed by atoms with Crippen molar-refractivity contribution in [2.24, 2.45) is 0 Å². The lowest BCUT2D eigenvalue weighted by Gasteiger charge is -2.35. The molecule has 4 aromatic rings. The third-order valence-electron chi connectivity index (χ3n) is 6.68. The molecule has 3 heterocycles. The number of amides is 1. The molecule has 1 fully saturated rings. The molecule has 1 amide bonds. The Morgan fingerprint density at radius 3 is 2.58 bits per heavy atom. The second-order valence-corrected chi connectivity index (χ2v) is 9.87. The standard InChI is InChI=1S/C28H29N3OS/c1-3-21-11-7-8-16-31(21)28(32)26-25(29)24-22(19-14-12-18(2)13-15-19)17-23(30-27(24)33-26)20-9-5-4-6-10-20/h4-6,9-10,12-15,17,21H,3,7-8,11,16,29H2,1-2H3. The number of benzene rings is 2. The van der Waals surface area contributed by atoms with E-state index in [1.165, 1.54) is 23.3 Å². The molecule has 5 rings (SSSR count). The number of nitrogen functional groups attached to an aromatic ring is 1. The lowest BCUT2D eigenvalue weighted by molar-refractivity contribution is 0.0614. The summed E-state index contributed by atoms with van der Waals surface area (Å²) in [5.41, 5.74) is 12.5. The van der Waals surface area contributed by atoms with E-state index < -0.39 is 0 Å². The fourth-order valence-corrected chi connectivity index (χ4v) is 5.90. The summed E-state index contributed by atoms with van der Waals surface area (Å²) in [6.07, 6.45) is 4.28. The molecule has 2 N–H and O–H groups in total. The van der Waals surface area contributed by atoms with Crippen LogP contribution in [0.25, 0.3) is 32.6 Å². The second kappa shape index (κ2) is 8.99. The van der Waals surface area contributed by atoms with Gasteiger partial charge >= 0.3 is 0 Å². The van der Waals surface area contributed by atoms with E-state index in [0.717, 1.165) is 58.4 Å². The first kappa shape index (κ1) is 21.7. The highest BCUT2D eigenvalue weighted by Gasteiger charge is 2.30. The Kier molecular flexibility index (Phi) is 5.90. The van der Waals surface area contributed by atoms with Crippen molar-refractivity contribution in [1.29, 1.82) is 0 Å². The molecular formula is C28H29N3OS. The number of aromatic nitrogens is 1. The summed E-state index contributed by atoms with van der Waals surface area (Å²) in [6, 6.07) is 21.0. The van der Waals surface area contributed by atoms with E-state index in [9.17, 15) is 4.79 Å². The number of carbonyl (C=O) groups excluding carboxylic acids is 1. The minimum atomic E-state index is 0.0539. The number of rotatable bonds is 4. The van der Waals surface area contributed by atoms with Crippen molar-refractivity contribution < 1.29 is 4.79 Å². The van der Waals surface area contributed by atoms with Gasteiger partial charge in [-0.2, -0.15) is 0 Å². The Morgan fingerprint density at radius 1 is 1.09 bits per heavy atom. The highest BCUT2D eigenvalue weighted by atomic mass is 32.1. The molecule has 0 radical (unpaired) electrons. The van der Waals surface area contributed by atoms with Gasteiger partial charge in [-0.25, -0.2) is 4.98 Å². The highest BCUT2D eigenvalue weighted by Crippen LogP contribution is 2.42.